The summed E-state index contributed by atoms with van der Waals surface area (Å²) in [6.45, 7) is 9.63. The second-order valence-electron chi connectivity index (χ2n) is 29.1. The van der Waals surface area contributed by atoms with Gasteiger partial charge in [0.25, 0.3) is 0 Å². The van der Waals surface area contributed by atoms with Crippen molar-refractivity contribution in [2.45, 2.75) is 426 Å². The van der Waals surface area contributed by atoms with E-state index in [1.165, 1.54) is 212 Å². The van der Waals surface area contributed by atoms with Gasteiger partial charge in [-0.2, -0.15) is 0 Å². The first-order valence-electron chi connectivity index (χ1n) is 40.5. The van der Waals surface area contributed by atoms with Crippen LogP contribution in [0.2, 0.25) is 0 Å². The van der Waals surface area contributed by atoms with Crippen LogP contribution in [0.4, 0.5) is 0 Å². The molecule has 2 unspecified atom stereocenters. The van der Waals surface area contributed by atoms with E-state index in [9.17, 15) is 43.2 Å². The molecule has 5 atom stereocenters. The molecule has 576 valence electrons. The van der Waals surface area contributed by atoms with Gasteiger partial charge in [-0.15, -0.1) is 0 Å². The summed E-state index contributed by atoms with van der Waals surface area (Å²) in [5, 5.41) is 10.6. The second-order valence-corrected chi connectivity index (χ2v) is 32.0. The maximum absolute atomic E-state index is 13.1. The molecule has 17 nitrogen and oxygen atoms in total. The summed E-state index contributed by atoms with van der Waals surface area (Å²) in [6, 6.07) is 0. The molecule has 0 spiro atoms. The Kier molecular flexibility index (Phi) is 68.4. The first-order valence-corrected chi connectivity index (χ1v) is 43.5. The topological polar surface area (TPSA) is 237 Å². The fraction of sp³-hybridized carbons (Fsp3) is 0.949. The number of hydrogen-bond donors (Lipinski definition) is 3. The summed E-state index contributed by atoms with van der Waals surface area (Å²) >= 11 is 0. The van der Waals surface area contributed by atoms with E-state index in [4.69, 9.17) is 37.0 Å². The molecule has 0 aromatic carbocycles. The number of unbranched alkanes of at least 4 members (excludes halogenated alkanes) is 47. The minimum Gasteiger partial charge on any atom is -0.462 e. The van der Waals surface area contributed by atoms with E-state index in [-0.39, 0.29) is 25.7 Å². The van der Waals surface area contributed by atoms with Crippen molar-refractivity contribution >= 4 is 39.5 Å². The minimum absolute atomic E-state index is 0.107. The quantitative estimate of drug-likeness (QED) is 0.0222. The fourth-order valence-electron chi connectivity index (χ4n) is 12.0. The van der Waals surface area contributed by atoms with Crippen LogP contribution < -0.4 is 0 Å². The SMILES string of the molecule is CCCCCCCCCCCCCCC(=O)O[C@H](COC(=O)CCCCCCCCC)COP(=O)(O)OC[C@H](O)COP(=O)(O)OC[C@@H](COC(=O)CCCCCCCCCCCCCCCCCCC(C)C)OC(=O)CCCCCCCCCCCCCCCCCCC(C)C. The standard InChI is InChI=1S/C78H152O17P2/c1-7-9-11-13-15-16-17-32-38-44-50-56-62-77(82)94-73(66-88-75(80)60-54-48-40-14-12-10-8-2)68-92-96(84,85)90-64-72(79)65-91-97(86,87)93-69-74(95-78(83)63-57-51-45-39-34-29-25-21-19-23-27-31-36-42-47-53-59-71(5)6)67-89-76(81)61-55-49-43-37-33-28-24-20-18-22-26-30-35-41-46-52-58-70(3)4/h70-74,79H,7-69H2,1-6H3,(H,84,85)(H,86,87)/t72-,73+,74+/m0/s1. The average molecular weight is 1420 g/mol. The van der Waals surface area contributed by atoms with Crippen LogP contribution >= 0.6 is 15.6 Å². The number of hydrogen-bond acceptors (Lipinski definition) is 15. The molecule has 0 aliphatic rings. The Morgan fingerprint density at radius 2 is 0.474 bits per heavy atom. The molecule has 3 N–H and O–H groups in total. The van der Waals surface area contributed by atoms with Gasteiger partial charge in [0.1, 0.15) is 19.3 Å². The van der Waals surface area contributed by atoms with Crippen LogP contribution in [-0.4, -0.2) is 96.7 Å². The van der Waals surface area contributed by atoms with Gasteiger partial charge in [-0.3, -0.25) is 37.3 Å². The number of aliphatic hydroxyl groups excluding tert-OH is 1. The molecule has 0 aliphatic carbocycles. The predicted molar refractivity (Wildman–Crippen MR) is 395 cm³/mol. The van der Waals surface area contributed by atoms with Crippen LogP contribution in [0.1, 0.15) is 408 Å². The first-order chi connectivity index (χ1) is 46.9. The van der Waals surface area contributed by atoms with Gasteiger partial charge in [0, 0.05) is 25.7 Å². The van der Waals surface area contributed by atoms with Crippen molar-refractivity contribution in [3.05, 3.63) is 0 Å². The number of ether oxygens (including phenoxy) is 4. The summed E-state index contributed by atoms with van der Waals surface area (Å²) in [5.41, 5.74) is 0. The Hall–Kier alpha value is -1.94. The van der Waals surface area contributed by atoms with E-state index in [2.05, 4.69) is 41.5 Å². The van der Waals surface area contributed by atoms with Crippen molar-refractivity contribution in [1.82, 2.24) is 0 Å². The normalized spacial score (nSPS) is 14.0. The average Bonchev–Trinajstić information content (AvgIpc) is 1.55. The highest BCUT2D eigenvalue weighted by atomic mass is 31.2. The summed E-state index contributed by atoms with van der Waals surface area (Å²) in [5.74, 6) is -0.495. The van der Waals surface area contributed by atoms with Crippen LogP contribution in [0.25, 0.3) is 0 Å². The Morgan fingerprint density at radius 1 is 0.278 bits per heavy atom. The third-order valence-corrected chi connectivity index (χ3v) is 20.1. The largest absolute Gasteiger partial charge is 0.472 e. The zero-order valence-corrected chi connectivity index (χ0v) is 65.2. The monoisotopic (exact) mass is 1420 g/mol. The van der Waals surface area contributed by atoms with Crippen LogP contribution in [0.5, 0.6) is 0 Å². The lowest BCUT2D eigenvalue weighted by molar-refractivity contribution is -0.161. The molecule has 0 radical (unpaired) electrons. The Labute approximate surface area is 594 Å². The first kappa shape index (κ1) is 95.1. The third-order valence-electron chi connectivity index (χ3n) is 18.2. The molecule has 0 aromatic rings. The lowest BCUT2D eigenvalue weighted by Crippen LogP contribution is -2.30. The molecule has 0 saturated carbocycles. The number of esters is 4. The molecule has 97 heavy (non-hydrogen) atoms. The minimum atomic E-state index is -4.96. The zero-order chi connectivity index (χ0) is 71.4. The highest BCUT2D eigenvalue weighted by Crippen LogP contribution is 2.45. The molecule has 0 aliphatic heterocycles. The number of carbonyl (C=O) groups excluding carboxylic acids is 4. The fourth-order valence-corrected chi connectivity index (χ4v) is 13.6. The molecule has 19 heteroatoms. The van der Waals surface area contributed by atoms with Gasteiger partial charge in [0.15, 0.2) is 12.2 Å². The van der Waals surface area contributed by atoms with Gasteiger partial charge in [-0.1, -0.05) is 356 Å². The highest BCUT2D eigenvalue weighted by Gasteiger charge is 2.30. The van der Waals surface area contributed by atoms with Crippen LogP contribution in [0, 0.1) is 11.8 Å². The second kappa shape index (κ2) is 69.8. The van der Waals surface area contributed by atoms with Crippen molar-refractivity contribution in [3.63, 3.8) is 0 Å². The Balaban J connectivity index is 5.17. The van der Waals surface area contributed by atoms with Crippen molar-refractivity contribution in [2.75, 3.05) is 39.6 Å². The number of phosphoric acid groups is 2. The van der Waals surface area contributed by atoms with Crippen LogP contribution in [0.3, 0.4) is 0 Å². The van der Waals surface area contributed by atoms with Gasteiger partial charge in [0.05, 0.1) is 26.4 Å². The van der Waals surface area contributed by atoms with E-state index in [1.54, 1.807) is 0 Å². The van der Waals surface area contributed by atoms with Gasteiger partial charge in [-0.05, 0) is 37.5 Å². The Morgan fingerprint density at radius 3 is 0.701 bits per heavy atom. The number of carbonyl (C=O) groups is 4. The zero-order valence-electron chi connectivity index (χ0n) is 63.4. The van der Waals surface area contributed by atoms with Crippen LogP contribution in [-0.2, 0) is 65.4 Å². The summed E-state index contributed by atoms with van der Waals surface area (Å²) in [6.07, 6.45) is 58.4. The van der Waals surface area contributed by atoms with Crippen molar-refractivity contribution in [2.24, 2.45) is 11.8 Å². The lowest BCUT2D eigenvalue weighted by atomic mass is 10.0. The van der Waals surface area contributed by atoms with Crippen molar-refractivity contribution in [1.29, 1.82) is 0 Å². The Bertz CT molecular complexity index is 1870. The van der Waals surface area contributed by atoms with E-state index in [0.29, 0.717) is 25.7 Å². The summed E-state index contributed by atoms with van der Waals surface area (Å²) in [7, 11) is -9.91. The van der Waals surface area contributed by atoms with Crippen molar-refractivity contribution < 1.29 is 80.2 Å². The maximum Gasteiger partial charge on any atom is 0.472 e. The molecule has 0 saturated heterocycles. The molecule has 0 heterocycles. The molecule has 0 amide bonds. The smallest absolute Gasteiger partial charge is 0.462 e. The lowest BCUT2D eigenvalue weighted by Gasteiger charge is -2.21. The predicted octanol–water partition coefficient (Wildman–Crippen LogP) is 23.1. The number of phosphoric ester groups is 2. The molecule has 0 rings (SSSR count). The van der Waals surface area contributed by atoms with E-state index in [1.807, 2.05) is 0 Å². The third kappa shape index (κ3) is 72.2. The maximum atomic E-state index is 13.1. The van der Waals surface area contributed by atoms with E-state index < -0.39 is 97.5 Å². The molecule has 0 aromatic heterocycles. The molecule has 0 fully saturated rings. The molecular weight excluding hydrogens is 1270 g/mol. The number of aliphatic hydroxyl groups is 1. The van der Waals surface area contributed by atoms with E-state index in [0.717, 1.165) is 115 Å². The van der Waals surface area contributed by atoms with Crippen molar-refractivity contribution in [3.8, 4) is 0 Å². The summed E-state index contributed by atoms with van der Waals surface area (Å²) in [4.78, 5) is 72.7. The number of rotatable bonds is 77. The molecule has 0 bridgehead atoms. The van der Waals surface area contributed by atoms with Gasteiger partial charge >= 0.3 is 39.5 Å². The van der Waals surface area contributed by atoms with Crippen LogP contribution in [0.15, 0.2) is 0 Å². The molecular formula is C78H152O17P2. The van der Waals surface area contributed by atoms with Gasteiger partial charge in [-0.25, -0.2) is 9.13 Å². The van der Waals surface area contributed by atoms with Gasteiger partial charge in [0.2, 0.25) is 0 Å². The van der Waals surface area contributed by atoms with Gasteiger partial charge < -0.3 is 33.8 Å². The summed E-state index contributed by atoms with van der Waals surface area (Å²) < 4.78 is 68.5. The highest BCUT2D eigenvalue weighted by molar-refractivity contribution is 7.47. The van der Waals surface area contributed by atoms with E-state index >= 15 is 0 Å².